The standard InChI is InChI=1S/C26H25N5O3/c32-23-10-8-17-4-3-5-18(25(17)29-23)26(34)27-19-9-7-16-11-13-30(20(19)14-16)22-15-24(33)31-12-2-1-6-21(31)28-22/h1-6,8,10,12,15-16,19-20H,7,9,11,13-14H2,(H,27,34)(H,29,32). The summed E-state index contributed by atoms with van der Waals surface area (Å²) in [6, 6.07) is 15.7. The molecule has 8 heteroatoms. The average molecular weight is 456 g/mol. The van der Waals surface area contributed by atoms with Gasteiger partial charge in [0.2, 0.25) is 5.56 Å². The smallest absolute Gasteiger partial charge is 0.259 e. The van der Waals surface area contributed by atoms with Crippen molar-refractivity contribution in [3.05, 3.63) is 87.1 Å². The molecule has 1 aromatic carbocycles. The molecule has 1 saturated carbocycles. The molecule has 4 aromatic rings. The van der Waals surface area contributed by atoms with Crippen LogP contribution in [0.15, 0.2) is 70.4 Å². The fourth-order valence-corrected chi connectivity index (χ4v) is 5.58. The number of fused-ring (bicyclic) bond motifs is 4. The maximum Gasteiger partial charge on any atom is 0.259 e. The van der Waals surface area contributed by atoms with Gasteiger partial charge < -0.3 is 15.2 Å². The van der Waals surface area contributed by atoms with E-state index in [1.54, 1.807) is 24.4 Å². The first-order valence-corrected chi connectivity index (χ1v) is 11.7. The molecule has 2 bridgehead atoms. The number of hydrogen-bond acceptors (Lipinski definition) is 5. The van der Waals surface area contributed by atoms with Crippen LogP contribution in [-0.4, -0.2) is 38.9 Å². The first kappa shape index (κ1) is 20.7. The number of H-pyrrole nitrogens is 1. The number of amides is 1. The molecule has 4 heterocycles. The minimum Gasteiger partial charge on any atom is -0.351 e. The Bertz CT molecular complexity index is 1520. The van der Waals surface area contributed by atoms with Crippen molar-refractivity contribution in [3.63, 3.8) is 0 Å². The summed E-state index contributed by atoms with van der Waals surface area (Å²) in [5, 5.41) is 4.06. The third-order valence-corrected chi connectivity index (χ3v) is 7.28. The highest BCUT2D eigenvalue weighted by molar-refractivity contribution is 6.05. The Morgan fingerprint density at radius 1 is 1.03 bits per heavy atom. The second-order valence-corrected chi connectivity index (χ2v) is 9.28. The van der Waals surface area contributed by atoms with Crippen LogP contribution in [0.3, 0.4) is 0 Å². The molecule has 1 saturated heterocycles. The van der Waals surface area contributed by atoms with Gasteiger partial charge in [-0.2, -0.15) is 0 Å². The molecule has 2 N–H and O–H groups in total. The third kappa shape index (κ3) is 3.55. The summed E-state index contributed by atoms with van der Waals surface area (Å²) in [5.74, 6) is 1.08. The van der Waals surface area contributed by atoms with Gasteiger partial charge in [0.25, 0.3) is 11.5 Å². The summed E-state index contributed by atoms with van der Waals surface area (Å²) in [7, 11) is 0. The second kappa shape index (κ2) is 8.13. The summed E-state index contributed by atoms with van der Waals surface area (Å²) < 4.78 is 1.54. The van der Waals surface area contributed by atoms with Crippen LogP contribution in [-0.2, 0) is 0 Å². The molecule has 172 valence electrons. The highest BCUT2D eigenvalue weighted by Gasteiger charge is 2.39. The Hall–Kier alpha value is -3.94. The molecule has 34 heavy (non-hydrogen) atoms. The Kier molecular flexibility index (Phi) is 4.94. The van der Waals surface area contributed by atoms with Crippen molar-refractivity contribution in [2.45, 2.75) is 37.8 Å². The van der Waals surface area contributed by atoms with Crippen molar-refractivity contribution < 1.29 is 4.79 Å². The van der Waals surface area contributed by atoms with E-state index in [1.807, 2.05) is 30.3 Å². The van der Waals surface area contributed by atoms with Crippen molar-refractivity contribution >= 4 is 28.3 Å². The fraction of sp³-hybridized carbons (Fsp3) is 0.308. The van der Waals surface area contributed by atoms with Gasteiger partial charge in [0.15, 0.2) is 0 Å². The molecule has 3 atom stereocenters. The van der Waals surface area contributed by atoms with Crippen LogP contribution in [0.1, 0.15) is 36.0 Å². The van der Waals surface area contributed by atoms with Gasteiger partial charge in [0.1, 0.15) is 11.5 Å². The Morgan fingerprint density at radius 3 is 2.85 bits per heavy atom. The molecule has 8 nitrogen and oxygen atoms in total. The van der Waals surface area contributed by atoms with Crippen LogP contribution < -0.4 is 21.3 Å². The van der Waals surface area contributed by atoms with Crippen molar-refractivity contribution in [2.24, 2.45) is 5.92 Å². The first-order valence-electron chi connectivity index (χ1n) is 11.7. The minimum absolute atomic E-state index is 0.0588. The number of hydrogen-bond donors (Lipinski definition) is 2. The van der Waals surface area contributed by atoms with E-state index in [4.69, 9.17) is 4.98 Å². The van der Waals surface area contributed by atoms with Crippen molar-refractivity contribution in [2.75, 3.05) is 11.4 Å². The van der Waals surface area contributed by atoms with E-state index in [2.05, 4.69) is 15.2 Å². The van der Waals surface area contributed by atoms with E-state index in [-0.39, 0.29) is 29.1 Å². The molecule has 1 aliphatic heterocycles. The summed E-state index contributed by atoms with van der Waals surface area (Å²) in [5.41, 5.74) is 1.27. The molecule has 1 amide bonds. The molecule has 0 spiro atoms. The topological polar surface area (TPSA) is 99.6 Å². The second-order valence-electron chi connectivity index (χ2n) is 9.28. The molecule has 0 radical (unpaired) electrons. The maximum atomic E-state index is 13.4. The predicted molar refractivity (Wildman–Crippen MR) is 130 cm³/mol. The van der Waals surface area contributed by atoms with Gasteiger partial charge in [-0.05, 0) is 61.3 Å². The largest absolute Gasteiger partial charge is 0.351 e. The van der Waals surface area contributed by atoms with Gasteiger partial charge in [-0.25, -0.2) is 4.98 Å². The van der Waals surface area contributed by atoms with Gasteiger partial charge in [-0.15, -0.1) is 0 Å². The Labute approximate surface area is 195 Å². The summed E-state index contributed by atoms with van der Waals surface area (Å²) in [6.45, 7) is 0.804. The number of carbonyl (C=O) groups excluding carboxylic acids is 1. The van der Waals surface area contributed by atoms with Crippen LogP contribution in [0.2, 0.25) is 0 Å². The molecule has 6 rings (SSSR count). The number of anilines is 1. The van der Waals surface area contributed by atoms with E-state index < -0.39 is 0 Å². The zero-order valence-electron chi connectivity index (χ0n) is 18.6. The molecule has 2 aliphatic rings. The number of carbonyl (C=O) groups is 1. The zero-order valence-corrected chi connectivity index (χ0v) is 18.6. The molecule has 3 aromatic heterocycles. The summed E-state index contributed by atoms with van der Waals surface area (Å²) >= 11 is 0. The van der Waals surface area contributed by atoms with Gasteiger partial charge in [-0.1, -0.05) is 18.2 Å². The minimum atomic E-state index is -0.236. The van der Waals surface area contributed by atoms with Crippen LogP contribution >= 0.6 is 0 Å². The van der Waals surface area contributed by atoms with E-state index >= 15 is 0 Å². The molecular formula is C26H25N5O3. The van der Waals surface area contributed by atoms with Crippen molar-refractivity contribution in [1.82, 2.24) is 19.7 Å². The Balaban J connectivity index is 1.32. The van der Waals surface area contributed by atoms with Crippen LogP contribution in [0.5, 0.6) is 0 Å². The number of nitrogens with one attached hydrogen (secondary N) is 2. The average Bonchev–Trinajstić information content (AvgIpc) is 2.85. The van der Waals surface area contributed by atoms with Gasteiger partial charge in [0, 0.05) is 30.9 Å². The SMILES string of the molecule is O=C(NC1CCC2CCN(c3cc(=O)n4ccccc4n3)C1C2)c1cccc2ccc(=O)[nH]c12. The number of piperidine rings is 1. The highest BCUT2D eigenvalue weighted by Crippen LogP contribution is 2.37. The van der Waals surface area contributed by atoms with Crippen LogP contribution in [0.25, 0.3) is 16.6 Å². The Morgan fingerprint density at radius 2 is 1.94 bits per heavy atom. The zero-order chi connectivity index (χ0) is 23.2. The lowest BCUT2D eigenvalue weighted by molar-refractivity contribution is 0.0903. The monoisotopic (exact) mass is 455 g/mol. The van der Waals surface area contributed by atoms with Crippen LogP contribution in [0.4, 0.5) is 5.82 Å². The number of benzene rings is 1. The van der Waals surface area contributed by atoms with E-state index in [1.165, 1.54) is 10.5 Å². The number of pyridine rings is 2. The number of rotatable bonds is 3. The molecule has 3 unspecified atom stereocenters. The maximum absolute atomic E-state index is 13.4. The number of aromatic amines is 1. The van der Waals surface area contributed by atoms with Crippen molar-refractivity contribution in [1.29, 1.82) is 0 Å². The highest BCUT2D eigenvalue weighted by atomic mass is 16.2. The lowest BCUT2D eigenvalue weighted by Crippen LogP contribution is -2.58. The number of nitrogens with zero attached hydrogens (tertiary/aromatic N) is 3. The van der Waals surface area contributed by atoms with E-state index in [9.17, 15) is 14.4 Å². The lowest BCUT2D eigenvalue weighted by atomic mass is 9.76. The number of aromatic nitrogens is 3. The first-order chi connectivity index (χ1) is 16.6. The normalized spacial score (nSPS) is 22.1. The molecular weight excluding hydrogens is 430 g/mol. The van der Waals surface area contributed by atoms with Crippen molar-refractivity contribution in [3.8, 4) is 0 Å². The molecule has 2 fully saturated rings. The van der Waals surface area contributed by atoms with Crippen LogP contribution in [0, 0.1) is 5.92 Å². The molecule has 1 aliphatic carbocycles. The van der Waals surface area contributed by atoms with E-state index in [0.717, 1.165) is 37.6 Å². The van der Waals surface area contributed by atoms with Gasteiger partial charge in [0.05, 0.1) is 17.1 Å². The lowest BCUT2D eigenvalue weighted by Gasteiger charge is -2.48. The quantitative estimate of drug-likeness (QED) is 0.495. The summed E-state index contributed by atoms with van der Waals surface area (Å²) in [6.07, 6.45) is 5.66. The third-order valence-electron chi connectivity index (χ3n) is 7.28. The predicted octanol–water partition coefficient (Wildman–Crippen LogP) is 2.71. The van der Waals surface area contributed by atoms with Gasteiger partial charge >= 0.3 is 0 Å². The summed E-state index contributed by atoms with van der Waals surface area (Å²) in [4.78, 5) is 47.7. The van der Waals surface area contributed by atoms with Gasteiger partial charge in [-0.3, -0.25) is 18.8 Å². The number of para-hydroxylation sites is 1. The van der Waals surface area contributed by atoms with E-state index in [0.29, 0.717) is 28.5 Å². The fourth-order valence-electron chi connectivity index (χ4n) is 5.58.